The number of likely N-dealkylation sites (tertiary alicyclic amines) is 1. The molecule has 2 saturated heterocycles. The molecule has 0 unspecified atom stereocenters. The van der Waals surface area contributed by atoms with Crippen molar-refractivity contribution in [3.63, 3.8) is 0 Å². The maximum atomic E-state index is 13.9. The van der Waals surface area contributed by atoms with Crippen LogP contribution in [0.5, 0.6) is 0 Å². The summed E-state index contributed by atoms with van der Waals surface area (Å²) in [7, 11) is 0. The molecule has 6 heteroatoms. The Kier molecular flexibility index (Phi) is 5.51. The Balaban J connectivity index is 1.52. The van der Waals surface area contributed by atoms with Gasteiger partial charge in [0.15, 0.2) is 0 Å². The lowest BCUT2D eigenvalue weighted by Gasteiger charge is -2.41. The molecule has 5 rings (SSSR count). The van der Waals surface area contributed by atoms with Crippen molar-refractivity contribution in [1.29, 1.82) is 0 Å². The molecule has 2 amide bonds. The van der Waals surface area contributed by atoms with Gasteiger partial charge in [0.05, 0.1) is 23.5 Å². The summed E-state index contributed by atoms with van der Waals surface area (Å²) in [5.74, 6) is -0.0486. The van der Waals surface area contributed by atoms with Gasteiger partial charge in [-0.15, -0.1) is 0 Å². The number of ether oxygens (including phenoxy) is 1. The molecule has 2 aromatic rings. The molecule has 1 spiro atoms. The zero-order chi connectivity index (χ0) is 22.2. The fraction of sp³-hybridized carbons (Fsp3) is 0.462. The highest BCUT2D eigenvalue weighted by atomic mass is 16.5. The average Bonchev–Trinajstić information content (AvgIpc) is 3.37. The molecule has 0 aromatic heterocycles. The van der Waals surface area contributed by atoms with Gasteiger partial charge in [-0.25, -0.2) is 0 Å². The van der Waals surface area contributed by atoms with Gasteiger partial charge >= 0.3 is 0 Å². The number of aliphatic hydroxyl groups excluding tert-OH is 1. The highest BCUT2D eigenvalue weighted by molar-refractivity contribution is 6.07. The molecular weight excluding hydrogens is 404 g/mol. The van der Waals surface area contributed by atoms with Crippen LogP contribution in [0.15, 0.2) is 54.6 Å². The van der Waals surface area contributed by atoms with Crippen LogP contribution in [0, 0.1) is 5.41 Å². The summed E-state index contributed by atoms with van der Waals surface area (Å²) in [6.45, 7) is 1.28. The molecule has 0 saturated carbocycles. The maximum Gasteiger partial charge on any atom is 0.237 e. The summed E-state index contributed by atoms with van der Waals surface area (Å²) in [5, 5.41) is 13.3. The number of hydrogen-bond acceptors (Lipinski definition) is 4. The summed E-state index contributed by atoms with van der Waals surface area (Å²) in [4.78, 5) is 29.3. The van der Waals surface area contributed by atoms with Gasteiger partial charge < -0.3 is 20.1 Å². The van der Waals surface area contributed by atoms with E-state index in [2.05, 4.69) is 17.4 Å². The first kappa shape index (κ1) is 21.2. The van der Waals surface area contributed by atoms with Crippen molar-refractivity contribution >= 4 is 17.5 Å². The third-order valence-electron chi connectivity index (χ3n) is 7.77. The highest BCUT2D eigenvalue weighted by Crippen LogP contribution is 2.50. The molecule has 168 valence electrons. The van der Waals surface area contributed by atoms with Crippen molar-refractivity contribution in [2.24, 2.45) is 5.41 Å². The minimum Gasteiger partial charge on any atom is -0.395 e. The molecule has 0 radical (unpaired) electrons. The Labute approximate surface area is 188 Å². The summed E-state index contributed by atoms with van der Waals surface area (Å²) in [6.07, 6.45) is 3.09. The number of fused-ring (bicyclic) bond motifs is 2. The highest BCUT2D eigenvalue weighted by Gasteiger charge is 2.60. The van der Waals surface area contributed by atoms with Crippen molar-refractivity contribution in [2.45, 2.75) is 43.6 Å². The molecular formula is C26H30N2O4. The van der Waals surface area contributed by atoms with Gasteiger partial charge in [0.1, 0.15) is 0 Å². The van der Waals surface area contributed by atoms with Crippen LogP contribution < -0.4 is 5.32 Å². The van der Waals surface area contributed by atoms with Crippen LogP contribution in [0.1, 0.15) is 36.8 Å². The smallest absolute Gasteiger partial charge is 0.237 e. The van der Waals surface area contributed by atoms with Crippen LogP contribution in [-0.2, 0) is 26.2 Å². The van der Waals surface area contributed by atoms with Crippen LogP contribution in [0.4, 0.5) is 5.69 Å². The van der Waals surface area contributed by atoms with Gasteiger partial charge in [-0.05, 0) is 49.3 Å². The molecule has 2 aromatic carbocycles. The third-order valence-corrected chi connectivity index (χ3v) is 7.77. The molecule has 32 heavy (non-hydrogen) atoms. The van der Waals surface area contributed by atoms with Crippen LogP contribution >= 0.6 is 0 Å². The number of carbonyl (C=O) groups is 2. The van der Waals surface area contributed by atoms with E-state index in [9.17, 15) is 14.7 Å². The van der Waals surface area contributed by atoms with Crippen molar-refractivity contribution in [3.05, 3.63) is 65.7 Å². The Bertz CT molecular complexity index is 1000. The van der Waals surface area contributed by atoms with Crippen LogP contribution in [0.2, 0.25) is 0 Å². The predicted octanol–water partition coefficient (Wildman–Crippen LogP) is 2.90. The number of nitrogens with zero attached hydrogens (tertiary/aromatic N) is 1. The number of carbonyl (C=O) groups excluding carboxylic acids is 2. The molecule has 0 aliphatic carbocycles. The lowest BCUT2D eigenvalue weighted by atomic mass is 9.72. The van der Waals surface area contributed by atoms with Crippen LogP contribution in [0.25, 0.3) is 0 Å². The summed E-state index contributed by atoms with van der Waals surface area (Å²) < 4.78 is 5.48. The first-order valence-electron chi connectivity index (χ1n) is 11.6. The predicted molar refractivity (Wildman–Crippen MR) is 121 cm³/mol. The van der Waals surface area contributed by atoms with E-state index in [0.29, 0.717) is 45.4 Å². The largest absolute Gasteiger partial charge is 0.395 e. The van der Waals surface area contributed by atoms with E-state index in [1.165, 1.54) is 5.56 Å². The lowest BCUT2D eigenvalue weighted by Crippen LogP contribution is -2.54. The Morgan fingerprint density at radius 1 is 1.06 bits per heavy atom. The number of anilines is 1. The third kappa shape index (κ3) is 3.24. The van der Waals surface area contributed by atoms with Crippen molar-refractivity contribution < 1.29 is 19.4 Å². The van der Waals surface area contributed by atoms with Gasteiger partial charge in [0.2, 0.25) is 11.8 Å². The first-order valence-corrected chi connectivity index (χ1v) is 11.6. The fourth-order valence-corrected chi connectivity index (χ4v) is 5.90. The van der Waals surface area contributed by atoms with Crippen molar-refractivity contribution in [2.75, 3.05) is 31.7 Å². The molecule has 2 N–H and O–H groups in total. The van der Waals surface area contributed by atoms with E-state index < -0.39 is 10.8 Å². The van der Waals surface area contributed by atoms with Gasteiger partial charge in [-0.1, -0.05) is 48.5 Å². The normalized spacial score (nSPS) is 26.2. The fourth-order valence-electron chi connectivity index (χ4n) is 5.90. The SMILES string of the molecule is O=C(N1CC[C@@]2(C(=O)Nc3ccccc32)[C@@H]1CCc1ccccc1)C1(CO)CCOCC1. The van der Waals surface area contributed by atoms with E-state index in [1.54, 1.807) is 0 Å². The van der Waals surface area contributed by atoms with E-state index in [-0.39, 0.29) is 24.5 Å². The quantitative estimate of drug-likeness (QED) is 0.759. The monoisotopic (exact) mass is 434 g/mol. The second kappa shape index (κ2) is 8.34. The molecule has 3 heterocycles. The Hall–Kier alpha value is -2.70. The minimum absolute atomic E-state index is 0.0166. The second-order valence-electron chi connectivity index (χ2n) is 9.31. The Morgan fingerprint density at radius 2 is 1.78 bits per heavy atom. The van der Waals surface area contributed by atoms with E-state index in [1.807, 2.05) is 47.4 Å². The van der Waals surface area contributed by atoms with Crippen LogP contribution in [0.3, 0.4) is 0 Å². The number of rotatable bonds is 5. The van der Waals surface area contributed by atoms with Crippen LogP contribution in [-0.4, -0.2) is 54.2 Å². The van der Waals surface area contributed by atoms with E-state index >= 15 is 0 Å². The van der Waals surface area contributed by atoms with Crippen molar-refractivity contribution in [3.8, 4) is 0 Å². The average molecular weight is 435 g/mol. The molecule has 0 bridgehead atoms. The summed E-state index contributed by atoms with van der Waals surface area (Å²) in [6, 6.07) is 17.8. The molecule has 2 fully saturated rings. The molecule has 2 atom stereocenters. The van der Waals surface area contributed by atoms with Gasteiger partial charge in [0.25, 0.3) is 0 Å². The van der Waals surface area contributed by atoms with Gasteiger partial charge in [-0.2, -0.15) is 0 Å². The summed E-state index contributed by atoms with van der Waals surface area (Å²) in [5.41, 5.74) is 1.46. The van der Waals surface area contributed by atoms with E-state index in [0.717, 1.165) is 17.7 Å². The molecule has 6 nitrogen and oxygen atoms in total. The minimum atomic E-state index is -0.816. The maximum absolute atomic E-state index is 13.9. The van der Waals surface area contributed by atoms with E-state index in [4.69, 9.17) is 4.74 Å². The first-order chi connectivity index (χ1) is 15.6. The van der Waals surface area contributed by atoms with Crippen molar-refractivity contribution in [1.82, 2.24) is 4.90 Å². The van der Waals surface area contributed by atoms with Gasteiger partial charge in [-0.3, -0.25) is 9.59 Å². The summed E-state index contributed by atoms with van der Waals surface area (Å²) >= 11 is 0. The number of nitrogens with one attached hydrogen (secondary N) is 1. The number of hydrogen-bond donors (Lipinski definition) is 2. The Morgan fingerprint density at radius 3 is 2.53 bits per heavy atom. The second-order valence-corrected chi connectivity index (χ2v) is 9.31. The number of amides is 2. The number of aryl methyl sites for hydroxylation is 1. The lowest BCUT2D eigenvalue weighted by molar-refractivity contribution is -0.153. The number of para-hydroxylation sites is 1. The zero-order valence-corrected chi connectivity index (χ0v) is 18.3. The standard InChI is InChI=1S/C26H30N2O4/c29-18-25(13-16-32-17-14-25)24(31)28-15-12-26(20-8-4-5-9-21(20)27-23(26)30)22(28)11-10-19-6-2-1-3-7-19/h1-9,22,29H,10-18H2,(H,27,30)/t22-,26-/m0/s1. The molecule has 3 aliphatic rings. The molecule has 3 aliphatic heterocycles. The number of benzene rings is 2. The van der Waals surface area contributed by atoms with Gasteiger partial charge in [0, 0.05) is 25.4 Å². The number of aliphatic hydroxyl groups is 1. The zero-order valence-electron chi connectivity index (χ0n) is 18.3. The topological polar surface area (TPSA) is 78.9 Å².